The van der Waals surface area contributed by atoms with Crippen molar-refractivity contribution in [3.05, 3.63) is 97.2 Å². The number of carbonyl (C=O) groups is 1. The van der Waals surface area contributed by atoms with Gasteiger partial charge in [-0.1, -0.05) is 304 Å². The van der Waals surface area contributed by atoms with Crippen LogP contribution in [0.5, 0.6) is 0 Å². The van der Waals surface area contributed by atoms with Gasteiger partial charge in [-0.2, -0.15) is 0 Å². The molecule has 12 unspecified atom stereocenters. The highest BCUT2D eigenvalue weighted by molar-refractivity contribution is 5.76. The second-order valence-electron chi connectivity index (χ2n) is 25.7. The van der Waals surface area contributed by atoms with E-state index in [1.807, 2.05) is 6.08 Å². The lowest BCUT2D eigenvalue weighted by Crippen LogP contribution is -2.65. The first-order valence-electron chi connectivity index (χ1n) is 37.0. The van der Waals surface area contributed by atoms with E-state index in [2.05, 4.69) is 104 Å². The van der Waals surface area contributed by atoms with Crippen LogP contribution in [0.2, 0.25) is 0 Å². The van der Waals surface area contributed by atoms with Gasteiger partial charge in [0.05, 0.1) is 32.0 Å². The minimum Gasteiger partial charge on any atom is -0.394 e. The Hall–Kier alpha value is -3.09. The molecule has 0 radical (unpaired) electrons. The number of nitrogens with one attached hydrogen (secondary N) is 1. The summed E-state index contributed by atoms with van der Waals surface area (Å²) < 4.78 is 22.9. The van der Waals surface area contributed by atoms with Crippen molar-refractivity contribution >= 4 is 5.91 Å². The summed E-state index contributed by atoms with van der Waals surface area (Å²) in [6.45, 7) is 2.71. The normalized spacial score (nSPS) is 23.4. The Balaban J connectivity index is 1.68. The number of aliphatic hydroxyl groups is 8. The number of ether oxygens (including phenoxy) is 4. The van der Waals surface area contributed by atoms with E-state index in [9.17, 15) is 45.6 Å². The minimum atomic E-state index is -1.79. The second kappa shape index (κ2) is 60.6. The monoisotopic (exact) mass is 1280 g/mol. The lowest BCUT2D eigenvalue weighted by molar-refractivity contribution is -0.359. The zero-order valence-corrected chi connectivity index (χ0v) is 57.3. The van der Waals surface area contributed by atoms with Crippen LogP contribution in [0.15, 0.2) is 97.2 Å². The largest absolute Gasteiger partial charge is 0.394 e. The summed E-state index contributed by atoms with van der Waals surface area (Å²) in [7, 11) is 0. The highest BCUT2D eigenvalue weighted by Gasteiger charge is 2.51. The van der Waals surface area contributed by atoms with Gasteiger partial charge in [-0.05, 0) is 77.0 Å². The summed E-state index contributed by atoms with van der Waals surface area (Å²) >= 11 is 0. The molecule has 0 bridgehead atoms. The van der Waals surface area contributed by atoms with Gasteiger partial charge < -0.3 is 65.1 Å². The van der Waals surface area contributed by atoms with Crippen molar-refractivity contribution in [2.24, 2.45) is 0 Å². The highest BCUT2D eigenvalue weighted by Crippen LogP contribution is 2.30. The maximum absolute atomic E-state index is 13.4. The van der Waals surface area contributed by atoms with Gasteiger partial charge in [-0.15, -0.1) is 0 Å². The Bertz CT molecular complexity index is 1900. The lowest BCUT2D eigenvalue weighted by Gasteiger charge is -2.46. The molecule has 2 heterocycles. The number of unbranched alkanes of at least 4 members (excludes halogenated alkanes) is 33. The molecule has 0 aromatic rings. The number of allylic oxidation sites excluding steroid dienone is 15. The van der Waals surface area contributed by atoms with Crippen LogP contribution in [0, 0.1) is 0 Å². The van der Waals surface area contributed by atoms with E-state index in [1.165, 1.54) is 161 Å². The predicted octanol–water partition coefficient (Wildman–Crippen LogP) is 15.7. The van der Waals surface area contributed by atoms with E-state index in [-0.39, 0.29) is 18.9 Å². The van der Waals surface area contributed by atoms with Crippen LogP contribution in [0.1, 0.15) is 290 Å². The summed E-state index contributed by atoms with van der Waals surface area (Å²) in [5.74, 6) is -0.251. The molecular weight excluding hydrogens is 1150 g/mol. The molecule has 0 aromatic heterocycles. The lowest BCUT2D eigenvalue weighted by atomic mass is 9.97. The maximum Gasteiger partial charge on any atom is 0.220 e. The van der Waals surface area contributed by atoms with E-state index in [1.54, 1.807) is 6.08 Å². The molecule has 2 aliphatic rings. The summed E-state index contributed by atoms with van der Waals surface area (Å²) in [6.07, 6.45) is 68.9. The number of hydrogen-bond acceptors (Lipinski definition) is 13. The van der Waals surface area contributed by atoms with Gasteiger partial charge in [0.1, 0.15) is 48.8 Å². The quantitative estimate of drug-likeness (QED) is 0.0204. The number of amides is 1. The third-order valence-electron chi connectivity index (χ3n) is 17.5. The van der Waals surface area contributed by atoms with Crippen molar-refractivity contribution in [3.8, 4) is 0 Å². The molecule has 2 fully saturated rings. The molecule has 526 valence electrons. The average Bonchev–Trinajstić information content (AvgIpc) is 1.06. The molecule has 2 rings (SSSR count). The van der Waals surface area contributed by atoms with E-state index in [0.717, 1.165) is 103 Å². The van der Waals surface area contributed by atoms with Gasteiger partial charge in [0.2, 0.25) is 5.91 Å². The molecule has 2 aliphatic heterocycles. The van der Waals surface area contributed by atoms with Crippen LogP contribution < -0.4 is 5.32 Å². The van der Waals surface area contributed by atoms with Gasteiger partial charge in [0.15, 0.2) is 12.6 Å². The third-order valence-corrected chi connectivity index (χ3v) is 17.5. The fraction of sp³-hybridized carbons (Fsp3) is 0.779. The second-order valence-corrected chi connectivity index (χ2v) is 25.7. The summed E-state index contributed by atoms with van der Waals surface area (Å²) in [6, 6.07) is -0.930. The zero-order valence-electron chi connectivity index (χ0n) is 57.3. The third kappa shape index (κ3) is 44.3. The van der Waals surface area contributed by atoms with Gasteiger partial charge in [-0.25, -0.2) is 0 Å². The highest BCUT2D eigenvalue weighted by atomic mass is 16.7. The Kier molecular flexibility index (Phi) is 55.9. The van der Waals surface area contributed by atoms with Crippen molar-refractivity contribution in [2.75, 3.05) is 19.8 Å². The van der Waals surface area contributed by atoms with E-state index in [4.69, 9.17) is 18.9 Å². The van der Waals surface area contributed by atoms with E-state index in [0.29, 0.717) is 6.42 Å². The van der Waals surface area contributed by atoms with E-state index >= 15 is 0 Å². The van der Waals surface area contributed by atoms with Crippen molar-refractivity contribution in [1.29, 1.82) is 0 Å². The predicted molar refractivity (Wildman–Crippen MR) is 373 cm³/mol. The Morgan fingerprint density at radius 2 is 0.758 bits per heavy atom. The van der Waals surface area contributed by atoms with Gasteiger partial charge in [0, 0.05) is 6.42 Å². The van der Waals surface area contributed by atoms with Crippen LogP contribution in [0.4, 0.5) is 0 Å². The van der Waals surface area contributed by atoms with Gasteiger partial charge in [0.25, 0.3) is 0 Å². The van der Waals surface area contributed by atoms with Gasteiger partial charge in [-0.3, -0.25) is 4.79 Å². The Morgan fingerprint density at radius 3 is 1.16 bits per heavy atom. The molecular formula is C77H135NO13. The first-order valence-corrected chi connectivity index (χ1v) is 37.0. The number of hydrogen-bond donors (Lipinski definition) is 9. The summed E-state index contributed by atoms with van der Waals surface area (Å²) in [5.41, 5.74) is 0. The van der Waals surface area contributed by atoms with Crippen LogP contribution in [-0.4, -0.2) is 140 Å². The minimum absolute atomic E-state index is 0.251. The number of rotatable bonds is 60. The summed E-state index contributed by atoms with van der Waals surface area (Å²) in [4.78, 5) is 13.4. The zero-order chi connectivity index (χ0) is 65.9. The molecule has 9 N–H and O–H groups in total. The topological polar surface area (TPSA) is 228 Å². The molecule has 0 aromatic carbocycles. The first-order chi connectivity index (χ1) is 44.6. The molecule has 14 nitrogen and oxygen atoms in total. The SMILES string of the molecule is CC/C=C\C/C=C\C/C=C\C/C=C\C/C=C\C/C=C\C/C=C\CCCCCCCCCC(=O)NC(COC1OC(CO)C(OC2OC(CO)C(O)C(O)C2O)C(O)C1O)C(O)/C=C/CCCCCCCCCCCCCCCCCCCCCCCCCCCC. The molecule has 0 spiro atoms. The smallest absolute Gasteiger partial charge is 0.220 e. The van der Waals surface area contributed by atoms with Crippen molar-refractivity contribution in [3.63, 3.8) is 0 Å². The molecule has 1 amide bonds. The molecule has 12 atom stereocenters. The molecule has 14 heteroatoms. The van der Waals surface area contributed by atoms with Crippen molar-refractivity contribution < 1.29 is 64.6 Å². The fourth-order valence-corrected chi connectivity index (χ4v) is 11.7. The molecule has 0 saturated carbocycles. The average molecular weight is 1280 g/mol. The standard InChI is InChI=1S/C77H135NO13/c1-3-5-7-9-11-13-15-17-19-21-23-25-27-29-31-33-35-37-39-41-43-45-47-49-51-53-55-57-59-61-69(82)78-65(64-88-76-74(87)72(85)75(68(63-80)90-76)91-77-73(86)71(84)70(83)67(62-79)89-77)66(81)60-58-56-54-52-50-48-46-44-42-40-38-36-34-32-30-28-26-24-22-20-18-16-14-12-10-8-6-4-2/h5,7,11,13,17,19,23,25,29,31,35,37,41,43,58,60,65-68,70-77,79-81,83-87H,3-4,6,8-10,12,14-16,18,20-22,24,26-28,30,32-34,36,38-40,42,44-57,59,61-64H2,1-2H3,(H,78,82)/b7-5-,13-11-,19-17-,25-23-,31-29-,37-35-,43-41-,60-58+. The Labute approximate surface area is 553 Å². The van der Waals surface area contributed by atoms with Crippen LogP contribution in [-0.2, 0) is 23.7 Å². The van der Waals surface area contributed by atoms with Crippen LogP contribution in [0.3, 0.4) is 0 Å². The molecule has 91 heavy (non-hydrogen) atoms. The number of carbonyl (C=O) groups excluding carboxylic acids is 1. The Morgan fingerprint density at radius 1 is 0.407 bits per heavy atom. The number of aliphatic hydroxyl groups excluding tert-OH is 8. The van der Waals surface area contributed by atoms with Crippen LogP contribution >= 0.6 is 0 Å². The van der Waals surface area contributed by atoms with Crippen molar-refractivity contribution in [1.82, 2.24) is 5.32 Å². The first kappa shape index (κ1) is 84.0. The molecule has 0 aliphatic carbocycles. The van der Waals surface area contributed by atoms with E-state index < -0.39 is 86.8 Å². The van der Waals surface area contributed by atoms with Crippen molar-refractivity contribution in [2.45, 2.75) is 364 Å². The van der Waals surface area contributed by atoms with Gasteiger partial charge >= 0.3 is 0 Å². The maximum atomic E-state index is 13.4. The summed E-state index contributed by atoms with van der Waals surface area (Å²) in [5, 5.41) is 87.6. The van der Waals surface area contributed by atoms with Crippen LogP contribution in [0.25, 0.3) is 0 Å². The molecule has 2 saturated heterocycles. The fourth-order valence-electron chi connectivity index (χ4n) is 11.7.